The quantitative estimate of drug-likeness (QED) is 0.364. The highest BCUT2D eigenvalue weighted by atomic mass is 32.2. The second kappa shape index (κ2) is 11.2. The summed E-state index contributed by atoms with van der Waals surface area (Å²) in [5.74, 6) is 0.721. The molecule has 3 aromatic rings. The molecule has 0 saturated heterocycles. The van der Waals surface area contributed by atoms with Crippen molar-refractivity contribution in [2.24, 2.45) is 0 Å². The van der Waals surface area contributed by atoms with Crippen LogP contribution >= 0.6 is 11.8 Å². The Morgan fingerprint density at radius 3 is 2.29 bits per heavy atom. The average molecular weight is 483 g/mol. The number of thioether (sulfide) groups is 1. The number of benzene rings is 2. The van der Waals surface area contributed by atoms with Crippen LogP contribution in [0.3, 0.4) is 0 Å². The molecule has 0 aliphatic heterocycles. The number of esters is 1. The molecular weight excluding hydrogens is 452 g/mol. The first-order valence-electron chi connectivity index (χ1n) is 11.0. The highest BCUT2D eigenvalue weighted by Gasteiger charge is 2.19. The molecule has 1 aromatic heterocycles. The van der Waals surface area contributed by atoms with Gasteiger partial charge >= 0.3 is 5.97 Å². The minimum absolute atomic E-state index is 0.0418. The van der Waals surface area contributed by atoms with E-state index in [1.807, 2.05) is 41.0 Å². The van der Waals surface area contributed by atoms with Gasteiger partial charge in [-0.25, -0.2) is 0 Å². The highest BCUT2D eigenvalue weighted by Crippen LogP contribution is 2.30. The largest absolute Gasteiger partial charge is 0.497 e. The third-order valence-electron chi connectivity index (χ3n) is 5.04. The van der Waals surface area contributed by atoms with Crippen molar-refractivity contribution in [2.75, 3.05) is 26.0 Å². The van der Waals surface area contributed by atoms with Crippen molar-refractivity contribution in [1.29, 1.82) is 0 Å². The van der Waals surface area contributed by atoms with Crippen LogP contribution in [-0.4, -0.2) is 52.7 Å². The van der Waals surface area contributed by atoms with Gasteiger partial charge in [-0.1, -0.05) is 56.8 Å². The molecule has 1 N–H and O–H groups in total. The van der Waals surface area contributed by atoms with E-state index in [1.165, 1.54) is 17.3 Å². The van der Waals surface area contributed by atoms with Crippen molar-refractivity contribution in [3.63, 3.8) is 0 Å². The van der Waals surface area contributed by atoms with Gasteiger partial charge in [0.2, 0.25) is 5.91 Å². The van der Waals surface area contributed by atoms with E-state index in [0.717, 1.165) is 17.0 Å². The number of methoxy groups -OCH3 is 1. The van der Waals surface area contributed by atoms with E-state index < -0.39 is 5.97 Å². The summed E-state index contributed by atoms with van der Waals surface area (Å²) in [6.45, 7) is 8.34. The van der Waals surface area contributed by atoms with Gasteiger partial charge in [0.1, 0.15) is 12.3 Å². The zero-order chi connectivity index (χ0) is 24.7. The third-order valence-corrected chi connectivity index (χ3v) is 5.97. The Bertz CT molecular complexity index is 1120. The summed E-state index contributed by atoms with van der Waals surface area (Å²) in [7, 11) is 1.62. The zero-order valence-corrected chi connectivity index (χ0v) is 20.9. The molecule has 9 heteroatoms. The second-order valence-electron chi connectivity index (χ2n) is 8.54. The van der Waals surface area contributed by atoms with E-state index in [2.05, 4.69) is 48.4 Å². The van der Waals surface area contributed by atoms with Crippen LogP contribution in [0.1, 0.15) is 33.3 Å². The highest BCUT2D eigenvalue weighted by molar-refractivity contribution is 7.99. The van der Waals surface area contributed by atoms with Crippen LogP contribution in [0, 0.1) is 0 Å². The van der Waals surface area contributed by atoms with E-state index in [0.29, 0.717) is 11.0 Å². The van der Waals surface area contributed by atoms with Crippen molar-refractivity contribution in [1.82, 2.24) is 20.1 Å². The van der Waals surface area contributed by atoms with E-state index >= 15 is 0 Å². The first-order valence-corrected chi connectivity index (χ1v) is 12.0. The Labute approximate surface area is 204 Å². The Morgan fingerprint density at radius 1 is 1.03 bits per heavy atom. The molecule has 34 heavy (non-hydrogen) atoms. The molecule has 0 saturated carbocycles. The summed E-state index contributed by atoms with van der Waals surface area (Å²) in [6.07, 6.45) is 0. The normalized spacial score (nSPS) is 11.2. The summed E-state index contributed by atoms with van der Waals surface area (Å²) < 4.78 is 12.0. The molecule has 0 unspecified atom stereocenters. The molecule has 0 atom stereocenters. The van der Waals surface area contributed by atoms with Gasteiger partial charge in [-0.15, -0.1) is 10.2 Å². The minimum atomic E-state index is -0.469. The van der Waals surface area contributed by atoms with Crippen LogP contribution < -0.4 is 10.1 Å². The topological polar surface area (TPSA) is 95.3 Å². The molecule has 0 fully saturated rings. The number of nitrogens with one attached hydrogen (secondary N) is 1. The molecule has 8 nitrogen and oxygen atoms in total. The number of ether oxygens (including phenoxy) is 2. The maximum atomic E-state index is 12.3. The van der Waals surface area contributed by atoms with Gasteiger partial charge in [-0.3, -0.25) is 14.2 Å². The van der Waals surface area contributed by atoms with Crippen molar-refractivity contribution in [3.05, 3.63) is 54.1 Å². The Balaban J connectivity index is 1.87. The maximum absolute atomic E-state index is 12.3. The van der Waals surface area contributed by atoms with Crippen LogP contribution in [0.25, 0.3) is 17.1 Å². The van der Waals surface area contributed by atoms with Crippen molar-refractivity contribution in [2.45, 2.75) is 38.3 Å². The number of hydrogen-bond donors (Lipinski definition) is 1. The van der Waals surface area contributed by atoms with Gasteiger partial charge < -0.3 is 14.8 Å². The van der Waals surface area contributed by atoms with Crippen LogP contribution in [0.5, 0.6) is 5.75 Å². The lowest BCUT2D eigenvalue weighted by atomic mass is 9.87. The van der Waals surface area contributed by atoms with Crippen LogP contribution in [0.15, 0.2) is 53.7 Å². The van der Waals surface area contributed by atoms with E-state index in [9.17, 15) is 9.59 Å². The number of amides is 1. The fourth-order valence-corrected chi connectivity index (χ4v) is 3.98. The van der Waals surface area contributed by atoms with Gasteiger partial charge in [0.05, 0.1) is 19.5 Å². The van der Waals surface area contributed by atoms with Crippen LogP contribution in [-0.2, 0) is 19.7 Å². The minimum Gasteiger partial charge on any atom is -0.497 e. The Kier molecular flexibility index (Phi) is 8.33. The molecule has 0 aliphatic rings. The Morgan fingerprint density at radius 2 is 1.71 bits per heavy atom. The first kappa shape index (κ1) is 25.3. The molecule has 180 valence electrons. The molecule has 1 heterocycles. The van der Waals surface area contributed by atoms with Gasteiger partial charge in [0.25, 0.3) is 0 Å². The second-order valence-corrected chi connectivity index (χ2v) is 9.48. The molecule has 2 aromatic carbocycles. The zero-order valence-electron chi connectivity index (χ0n) is 20.1. The summed E-state index contributed by atoms with van der Waals surface area (Å²) in [5, 5.41) is 11.9. The van der Waals surface area contributed by atoms with Gasteiger partial charge in [-0.2, -0.15) is 0 Å². The summed E-state index contributed by atoms with van der Waals surface area (Å²) in [5.41, 5.74) is 3.02. The monoisotopic (exact) mass is 482 g/mol. The first-order chi connectivity index (χ1) is 16.2. The predicted octanol–water partition coefficient (Wildman–Crippen LogP) is 4.01. The molecule has 0 spiro atoms. The fraction of sp³-hybridized carbons (Fsp3) is 0.360. The molecule has 0 aliphatic carbocycles. The maximum Gasteiger partial charge on any atom is 0.325 e. The standard InChI is InChI=1S/C25H30N4O4S/c1-6-33-22(31)15-26-21(30)16-34-24-28-27-23(17-7-9-18(10-8-17)25(2,3)4)29(24)19-11-13-20(32-5)14-12-19/h7-14H,6,15-16H2,1-5H3,(H,26,30). The predicted molar refractivity (Wildman–Crippen MR) is 132 cm³/mol. The molecule has 1 amide bonds. The smallest absolute Gasteiger partial charge is 0.325 e. The van der Waals surface area contributed by atoms with Crippen molar-refractivity contribution >= 4 is 23.6 Å². The van der Waals surface area contributed by atoms with Crippen LogP contribution in [0.4, 0.5) is 0 Å². The van der Waals surface area contributed by atoms with Crippen LogP contribution in [0.2, 0.25) is 0 Å². The number of rotatable bonds is 9. The van der Waals surface area contributed by atoms with Gasteiger partial charge in [-0.05, 0) is 42.2 Å². The average Bonchev–Trinajstić information content (AvgIpc) is 3.25. The van der Waals surface area contributed by atoms with Gasteiger partial charge in [0.15, 0.2) is 11.0 Å². The third kappa shape index (κ3) is 6.38. The lowest BCUT2D eigenvalue weighted by Gasteiger charge is -2.19. The lowest BCUT2D eigenvalue weighted by Crippen LogP contribution is -2.31. The van der Waals surface area contributed by atoms with Gasteiger partial charge in [0, 0.05) is 11.3 Å². The van der Waals surface area contributed by atoms with Crippen molar-refractivity contribution < 1.29 is 19.1 Å². The lowest BCUT2D eigenvalue weighted by molar-refractivity contribution is -0.143. The molecular formula is C25H30N4O4S. The van der Waals surface area contributed by atoms with E-state index in [-0.39, 0.29) is 30.2 Å². The molecule has 3 rings (SSSR count). The number of carbonyl (C=O) groups is 2. The Hall–Kier alpha value is -3.33. The summed E-state index contributed by atoms with van der Waals surface area (Å²) in [6, 6.07) is 15.8. The van der Waals surface area contributed by atoms with Crippen molar-refractivity contribution in [3.8, 4) is 22.8 Å². The SMILES string of the molecule is CCOC(=O)CNC(=O)CSc1nnc(-c2ccc(C(C)(C)C)cc2)n1-c1ccc(OC)cc1. The summed E-state index contributed by atoms with van der Waals surface area (Å²) >= 11 is 1.24. The van der Waals surface area contributed by atoms with E-state index in [4.69, 9.17) is 9.47 Å². The number of hydrogen-bond acceptors (Lipinski definition) is 7. The number of carbonyl (C=O) groups excluding carboxylic acids is 2. The fourth-order valence-electron chi connectivity index (χ4n) is 3.20. The number of nitrogens with zero attached hydrogens (tertiary/aromatic N) is 3. The van der Waals surface area contributed by atoms with E-state index in [1.54, 1.807) is 14.0 Å². The molecule has 0 bridgehead atoms. The number of aromatic nitrogens is 3. The molecule has 0 radical (unpaired) electrons. The summed E-state index contributed by atoms with van der Waals surface area (Å²) in [4.78, 5) is 23.7.